The molecule has 1 atom stereocenters. The summed E-state index contributed by atoms with van der Waals surface area (Å²) in [7, 11) is -1.53. The van der Waals surface area contributed by atoms with Crippen molar-refractivity contribution in [2.45, 2.75) is 38.7 Å². The van der Waals surface area contributed by atoms with E-state index in [0.717, 1.165) is 39.0 Å². The summed E-state index contributed by atoms with van der Waals surface area (Å²) in [4.78, 5) is 0. The second-order valence-corrected chi connectivity index (χ2v) is 5.89. The minimum Gasteiger partial charge on any atom is -0.397 e. The van der Waals surface area contributed by atoms with Crippen molar-refractivity contribution >= 4 is 9.28 Å². The van der Waals surface area contributed by atoms with E-state index in [1.54, 1.807) is 0 Å². The SMILES string of the molecule is CCO[SiH](OCC)C(CCN)CCCN. The van der Waals surface area contributed by atoms with E-state index in [0.29, 0.717) is 12.1 Å². The first-order valence-electron chi connectivity index (χ1n) is 5.93. The van der Waals surface area contributed by atoms with Gasteiger partial charge in [-0.2, -0.15) is 0 Å². The minimum atomic E-state index is -1.53. The van der Waals surface area contributed by atoms with Crippen molar-refractivity contribution in [1.82, 2.24) is 0 Å². The molecule has 0 aromatic carbocycles. The van der Waals surface area contributed by atoms with E-state index in [4.69, 9.17) is 20.3 Å². The standard InChI is InChI=1S/C10H26N2O2Si/c1-3-13-15(14-4-2)10(7-9-12)6-5-8-11/h10,15H,3-9,11-12H2,1-2H3. The lowest BCUT2D eigenvalue weighted by atomic mass is 10.2. The van der Waals surface area contributed by atoms with E-state index >= 15 is 0 Å². The molecule has 0 aromatic rings. The third kappa shape index (κ3) is 7.02. The van der Waals surface area contributed by atoms with E-state index in [-0.39, 0.29) is 0 Å². The van der Waals surface area contributed by atoms with E-state index < -0.39 is 9.28 Å². The lowest BCUT2D eigenvalue weighted by Crippen LogP contribution is -2.31. The summed E-state index contributed by atoms with van der Waals surface area (Å²) in [5.41, 5.74) is 11.6. The third-order valence-electron chi connectivity index (χ3n) is 2.36. The molecule has 0 saturated heterocycles. The lowest BCUT2D eigenvalue weighted by molar-refractivity contribution is 0.200. The van der Waals surface area contributed by atoms with Crippen molar-refractivity contribution in [3.8, 4) is 0 Å². The van der Waals surface area contributed by atoms with Gasteiger partial charge in [0.05, 0.1) is 0 Å². The van der Waals surface area contributed by atoms with Crippen molar-refractivity contribution in [2.24, 2.45) is 11.5 Å². The first-order valence-corrected chi connectivity index (χ1v) is 7.54. The quantitative estimate of drug-likeness (QED) is 0.547. The van der Waals surface area contributed by atoms with Crippen LogP contribution in [0.25, 0.3) is 0 Å². The number of hydrogen-bond donors (Lipinski definition) is 2. The molecule has 0 rings (SSSR count). The first-order chi connectivity index (χ1) is 7.29. The number of rotatable bonds is 10. The molecule has 0 heterocycles. The zero-order valence-corrected chi connectivity index (χ0v) is 11.2. The van der Waals surface area contributed by atoms with Crippen LogP contribution in [0.5, 0.6) is 0 Å². The van der Waals surface area contributed by atoms with Gasteiger partial charge in [-0.05, 0) is 46.2 Å². The summed E-state index contributed by atoms with van der Waals surface area (Å²) in [6, 6.07) is 0. The highest BCUT2D eigenvalue weighted by Crippen LogP contribution is 2.22. The minimum absolute atomic E-state index is 0.512. The maximum absolute atomic E-state index is 5.71. The summed E-state index contributed by atoms with van der Waals surface area (Å²) in [5, 5.41) is 0. The fourth-order valence-corrected chi connectivity index (χ4v) is 3.93. The Morgan fingerprint density at radius 1 is 1.00 bits per heavy atom. The lowest BCUT2D eigenvalue weighted by Gasteiger charge is -2.24. The van der Waals surface area contributed by atoms with Gasteiger partial charge in [0.25, 0.3) is 0 Å². The molecule has 0 radical (unpaired) electrons. The zero-order valence-electron chi connectivity index (χ0n) is 10.1. The fraction of sp³-hybridized carbons (Fsp3) is 1.00. The van der Waals surface area contributed by atoms with Crippen LogP contribution in [-0.4, -0.2) is 35.6 Å². The predicted octanol–water partition coefficient (Wildman–Crippen LogP) is 0.738. The molecule has 0 fully saturated rings. The Kier molecular flexibility index (Phi) is 10.6. The first kappa shape index (κ1) is 15.1. The van der Waals surface area contributed by atoms with Gasteiger partial charge in [-0.1, -0.05) is 0 Å². The van der Waals surface area contributed by atoms with Crippen LogP contribution in [0.3, 0.4) is 0 Å². The molecule has 0 bridgehead atoms. The summed E-state index contributed by atoms with van der Waals surface area (Å²) in [5.74, 6) is 0. The Balaban J connectivity index is 4.09. The molecule has 1 unspecified atom stereocenters. The molecule has 0 spiro atoms. The van der Waals surface area contributed by atoms with Gasteiger partial charge in [-0.3, -0.25) is 0 Å². The van der Waals surface area contributed by atoms with Crippen molar-refractivity contribution < 1.29 is 8.85 Å². The molecule has 0 aliphatic rings. The van der Waals surface area contributed by atoms with Crippen LogP contribution in [0.15, 0.2) is 0 Å². The van der Waals surface area contributed by atoms with Gasteiger partial charge in [0.2, 0.25) is 0 Å². The third-order valence-corrected chi connectivity index (χ3v) is 5.12. The molecule has 4 N–H and O–H groups in total. The molecule has 0 amide bonds. The maximum Gasteiger partial charge on any atom is 0.324 e. The van der Waals surface area contributed by atoms with Crippen molar-refractivity contribution in [3.63, 3.8) is 0 Å². The van der Waals surface area contributed by atoms with Gasteiger partial charge in [0.1, 0.15) is 0 Å². The summed E-state index contributed by atoms with van der Waals surface area (Å²) in [6.45, 7) is 6.95. The van der Waals surface area contributed by atoms with E-state index in [2.05, 4.69) is 0 Å². The molecular weight excluding hydrogens is 208 g/mol. The molecule has 5 heteroatoms. The Labute approximate surface area is 95.2 Å². The highest BCUT2D eigenvalue weighted by Gasteiger charge is 2.24. The van der Waals surface area contributed by atoms with Crippen LogP contribution in [0.4, 0.5) is 0 Å². The molecule has 4 nitrogen and oxygen atoms in total. The van der Waals surface area contributed by atoms with Crippen LogP contribution in [-0.2, 0) is 8.85 Å². The van der Waals surface area contributed by atoms with Gasteiger partial charge < -0.3 is 20.3 Å². The number of nitrogens with two attached hydrogens (primary N) is 2. The average Bonchev–Trinajstić information content (AvgIpc) is 2.24. The smallest absolute Gasteiger partial charge is 0.324 e. The second kappa shape index (κ2) is 10.6. The average molecular weight is 234 g/mol. The zero-order chi connectivity index (χ0) is 11.5. The van der Waals surface area contributed by atoms with Crippen LogP contribution < -0.4 is 11.5 Å². The number of hydrogen-bond acceptors (Lipinski definition) is 4. The molecule has 0 aliphatic carbocycles. The van der Waals surface area contributed by atoms with Crippen LogP contribution in [0, 0.1) is 0 Å². The van der Waals surface area contributed by atoms with Crippen LogP contribution in [0.2, 0.25) is 5.54 Å². The van der Waals surface area contributed by atoms with E-state index in [1.807, 2.05) is 13.8 Å². The Morgan fingerprint density at radius 2 is 1.60 bits per heavy atom. The molecule has 0 saturated carbocycles. The molecular formula is C10H26N2O2Si. The second-order valence-electron chi connectivity index (χ2n) is 3.55. The largest absolute Gasteiger partial charge is 0.397 e. The highest BCUT2D eigenvalue weighted by molar-refractivity contribution is 6.46. The monoisotopic (exact) mass is 234 g/mol. The Morgan fingerprint density at radius 3 is 2.00 bits per heavy atom. The summed E-state index contributed by atoms with van der Waals surface area (Å²) < 4.78 is 11.4. The van der Waals surface area contributed by atoms with Crippen molar-refractivity contribution in [1.29, 1.82) is 0 Å². The van der Waals surface area contributed by atoms with Gasteiger partial charge in [-0.15, -0.1) is 0 Å². The van der Waals surface area contributed by atoms with Crippen molar-refractivity contribution in [2.75, 3.05) is 26.3 Å². The molecule has 0 aromatic heterocycles. The normalized spacial score (nSPS) is 13.4. The van der Waals surface area contributed by atoms with Gasteiger partial charge >= 0.3 is 9.28 Å². The summed E-state index contributed by atoms with van der Waals surface area (Å²) in [6.07, 6.45) is 3.12. The van der Waals surface area contributed by atoms with Gasteiger partial charge in [0, 0.05) is 18.8 Å². The fourth-order valence-electron chi connectivity index (χ4n) is 1.66. The van der Waals surface area contributed by atoms with Crippen LogP contribution in [0.1, 0.15) is 33.1 Å². The molecule has 0 aliphatic heterocycles. The van der Waals surface area contributed by atoms with Crippen molar-refractivity contribution in [3.05, 3.63) is 0 Å². The van der Waals surface area contributed by atoms with Gasteiger partial charge in [-0.25, -0.2) is 0 Å². The topological polar surface area (TPSA) is 70.5 Å². The molecule has 92 valence electrons. The van der Waals surface area contributed by atoms with E-state index in [9.17, 15) is 0 Å². The Hall–Kier alpha value is 0.0569. The van der Waals surface area contributed by atoms with Gasteiger partial charge in [0.15, 0.2) is 0 Å². The summed E-state index contributed by atoms with van der Waals surface area (Å²) >= 11 is 0. The predicted molar refractivity (Wildman–Crippen MR) is 66.1 cm³/mol. The Bertz CT molecular complexity index is 133. The van der Waals surface area contributed by atoms with Crippen LogP contribution >= 0.6 is 0 Å². The van der Waals surface area contributed by atoms with E-state index in [1.165, 1.54) is 0 Å². The maximum atomic E-state index is 5.71. The highest BCUT2D eigenvalue weighted by atomic mass is 28.3. The molecule has 15 heavy (non-hydrogen) atoms.